The molecule has 0 fully saturated rings. The van der Waals surface area contributed by atoms with Crippen molar-refractivity contribution in [3.05, 3.63) is 39.5 Å². The minimum absolute atomic E-state index is 0.0169. The second kappa shape index (κ2) is 5.19. The Morgan fingerprint density at radius 1 is 1.47 bits per heavy atom. The number of hydrogen-bond acceptors (Lipinski definition) is 4. The van der Waals surface area contributed by atoms with E-state index in [1.807, 2.05) is 0 Å². The summed E-state index contributed by atoms with van der Waals surface area (Å²) in [7, 11) is 1.28. The van der Waals surface area contributed by atoms with E-state index in [1.165, 1.54) is 13.2 Å². The third-order valence-electron chi connectivity index (χ3n) is 2.76. The topological polar surface area (TPSA) is 52.3 Å². The Hall–Kier alpha value is -1.59. The first-order chi connectivity index (χ1) is 8.97. The summed E-state index contributed by atoms with van der Waals surface area (Å²) in [5.41, 5.74) is 7.43. The minimum atomic E-state index is -0.510. The monoisotopic (exact) mass is 299 g/mol. The first kappa shape index (κ1) is 13.8. The number of carbonyl (C=O) groups is 1. The van der Waals surface area contributed by atoms with Gasteiger partial charge >= 0.3 is 5.97 Å². The van der Waals surface area contributed by atoms with Gasteiger partial charge in [0.1, 0.15) is 10.7 Å². The number of nitrogen functional groups attached to an aromatic ring is 1. The number of ether oxygens (including phenoxy) is 1. The standard InChI is InChI=1S/C13H11ClFNO2S/c1-6-10(16)12(13(17)18-2)19-11(6)7-4-3-5-8(15)9(7)14/h3-5H,16H2,1-2H3. The van der Waals surface area contributed by atoms with Crippen molar-refractivity contribution in [2.75, 3.05) is 12.8 Å². The fourth-order valence-corrected chi connectivity index (χ4v) is 3.16. The number of benzene rings is 1. The Balaban J connectivity index is 2.64. The lowest BCUT2D eigenvalue weighted by Crippen LogP contribution is -2.01. The summed E-state index contributed by atoms with van der Waals surface area (Å²) in [6, 6.07) is 4.52. The third-order valence-corrected chi connectivity index (χ3v) is 4.47. The van der Waals surface area contributed by atoms with Crippen molar-refractivity contribution in [2.24, 2.45) is 0 Å². The first-order valence-corrected chi connectivity index (χ1v) is 6.58. The molecule has 3 nitrogen and oxygen atoms in total. The summed E-state index contributed by atoms with van der Waals surface area (Å²) in [6.45, 7) is 1.76. The maximum absolute atomic E-state index is 13.5. The number of halogens is 2. The van der Waals surface area contributed by atoms with E-state index < -0.39 is 11.8 Å². The largest absolute Gasteiger partial charge is 0.465 e. The molecule has 0 bridgehead atoms. The van der Waals surface area contributed by atoms with Gasteiger partial charge in [0.25, 0.3) is 0 Å². The Bertz CT molecular complexity index is 654. The SMILES string of the molecule is COC(=O)c1sc(-c2cccc(F)c2Cl)c(C)c1N. The quantitative estimate of drug-likeness (QED) is 0.856. The number of rotatable bonds is 2. The van der Waals surface area contributed by atoms with E-state index in [1.54, 1.807) is 19.1 Å². The predicted octanol–water partition coefficient (Wildman–Crippen LogP) is 3.88. The van der Waals surface area contributed by atoms with Crippen molar-refractivity contribution < 1.29 is 13.9 Å². The Kier molecular flexibility index (Phi) is 3.78. The van der Waals surface area contributed by atoms with Gasteiger partial charge in [0.2, 0.25) is 0 Å². The van der Waals surface area contributed by atoms with Crippen LogP contribution in [-0.2, 0) is 4.74 Å². The second-order valence-corrected chi connectivity index (χ2v) is 5.29. The van der Waals surface area contributed by atoms with Crippen LogP contribution in [0.1, 0.15) is 15.2 Å². The molecule has 0 spiro atoms. The third kappa shape index (κ3) is 2.31. The van der Waals surface area contributed by atoms with Crippen molar-refractivity contribution in [3.63, 3.8) is 0 Å². The van der Waals surface area contributed by atoms with Gasteiger partial charge in [-0.25, -0.2) is 9.18 Å². The summed E-state index contributed by atoms with van der Waals surface area (Å²) in [5.74, 6) is -1.02. The molecule has 0 radical (unpaired) electrons. The Morgan fingerprint density at radius 2 is 2.16 bits per heavy atom. The molecule has 100 valence electrons. The zero-order valence-corrected chi connectivity index (χ0v) is 11.9. The van der Waals surface area contributed by atoms with Crippen LogP contribution in [-0.4, -0.2) is 13.1 Å². The van der Waals surface area contributed by atoms with Gasteiger partial charge in [0.05, 0.1) is 17.8 Å². The van der Waals surface area contributed by atoms with Gasteiger partial charge in [-0.15, -0.1) is 11.3 Å². The fourth-order valence-electron chi connectivity index (χ4n) is 1.71. The van der Waals surface area contributed by atoms with Crippen LogP contribution in [0, 0.1) is 12.7 Å². The normalized spacial score (nSPS) is 10.5. The molecular weight excluding hydrogens is 289 g/mol. The molecule has 0 atom stereocenters. The van der Waals surface area contributed by atoms with Crippen molar-refractivity contribution in [2.45, 2.75) is 6.92 Å². The van der Waals surface area contributed by atoms with Crippen LogP contribution in [0.3, 0.4) is 0 Å². The molecule has 0 saturated heterocycles. The van der Waals surface area contributed by atoms with Gasteiger partial charge in [-0.3, -0.25) is 0 Å². The highest BCUT2D eigenvalue weighted by Gasteiger charge is 2.21. The zero-order chi connectivity index (χ0) is 14.2. The lowest BCUT2D eigenvalue weighted by Gasteiger charge is -2.03. The van der Waals surface area contributed by atoms with Crippen LogP contribution in [0.15, 0.2) is 18.2 Å². The maximum Gasteiger partial charge on any atom is 0.350 e. The highest BCUT2D eigenvalue weighted by molar-refractivity contribution is 7.18. The average Bonchev–Trinajstić information content (AvgIpc) is 2.69. The molecule has 19 heavy (non-hydrogen) atoms. The summed E-state index contributed by atoms with van der Waals surface area (Å²) < 4.78 is 18.1. The summed E-state index contributed by atoms with van der Waals surface area (Å²) in [5, 5.41) is 0.0169. The van der Waals surface area contributed by atoms with Gasteiger partial charge in [0.15, 0.2) is 0 Å². The number of thiophene rings is 1. The van der Waals surface area contributed by atoms with Crippen molar-refractivity contribution in [1.29, 1.82) is 0 Å². The number of methoxy groups -OCH3 is 1. The van der Waals surface area contributed by atoms with Crippen molar-refractivity contribution in [3.8, 4) is 10.4 Å². The summed E-state index contributed by atoms with van der Waals surface area (Å²) in [4.78, 5) is 12.6. The van der Waals surface area contributed by atoms with E-state index in [-0.39, 0.29) is 5.02 Å². The highest BCUT2D eigenvalue weighted by Crippen LogP contribution is 2.41. The number of carbonyl (C=O) groups excluding carboxylic acids is 1. The molecule has 0 aliphatic rings. The number of esters is 1. The van der Waals surface area contributed by atoms with Crippen LogP contribution < -0.4 is 5.73 Å². The summed E-state index contributed by atoms with van der Waals surface area (Å²) in [6.07, 6.45) is 0. The summed E-state index contributed by atoms with van der Waals surface area (Å²) >= 11 is 7.09. The molecule has 2 rings (SSSR count). The molecule has 0 aliphatic carbocycles. The average molecular weight is 300 g/mol. The van der Waals surface area contributed by atoms with E-state index in [0.717, 1.165) is 11.3 Å². The molecule has 0 saturated carbocycles. The van der Waals surface area contributed by atoms with E-state index in [0.29, 0.717) is 26.6 Å². The molecule has 2 N–H and O–H groups in total. The van der Waals surface area contributed by atoms with Crippen LogP contribution >= 0.6 is 22.9 Å². The number of hydrogen-bond donors (Lipinski definition) is 1. The van der Waals surface area contributed by atoms with E-state index in [9.17, 15) is 9.18 Å². The molecule has 1 heterocycles. The smallest absolute Gasteiger partial charge is 0.350 e. The minimum Gasteiger partial charge on any atom is -0.465 e. The Labute approximate surface area is 118 Å². The van der Waals surface area contributed by atoms with Crippen LogP contribution in [0.5, 0.6) is 0 Å². The van der Waals surface area contributed by atoms with Gasteiger partial charge in [-0.05, 0) is 18.6 Å². The molecule has 0 unspecified atom stereocenters. The molecule has 0 aliphatic heterocycles. The van der Waals surface area contributed by atoms with Gasteiger partial charge in [-0.2, -0.15) is 0 Å². The van der Waals surface area contributed by atoms with Crippen LogP contribution in [0.25, 0.3) is 10.4 Å². The van der Waals surface area contributed by atoms with Gasteiger partial charge in [0, 0.05) is 10.4 Å². The molecular formula is C13H11ClFNO2S. The molecule has 6 heteroatoms. The van der Waals surface area contributed by atoms with E-state index in [4.69, 9.17) is 17.3 Å². The lowest BCUT2D eigenvalue weighted by molar-refractivity contribution is 0.0607. The van der Waals surface area contributed by atoms with Gasteiger partial charge in [-0.1, -0.05) is 23.7 Å². The molecule has 1 aromatic heterocycles. The zero-order valence-electron chi connectivity index (χ0n) is 10.3. The van der Waals surface area contributed by atoms with E-state index >= 15 is 0 Å². The molecule has 0 amide bonds. The first-order valence-electron chi connectivity index (χ1n) is 5.39. The van der Waals surface area contributed by atoms with Crippen molar-refractivity contribution in [1.82, 2.24) is 0 Å². The van der Waals surface area contributed by atoms with Gasteiger partial charge < -0.3 is 10.5 Å². The number of nitrogens with two attached hydrogens (primary N) is 1. The fraction of sp³-hybridized carbons (Fsp3) is 0.154. The molecule has 1 aromatic carbocycles. The maximum atomic E-state index is 13.5. The Morgan fingerprint density at radius 3 is 2.79 bits per heavy atom. The van der Waals surface area contributed by atoms with Crippen LogP contribution in [0.4, 0.5) is 10.1 Å². The highest BCUT2D eigenvalue weighted by atomic mass is 35.5. The number of anilines is 1. The molecule has 2 aromatic rings. The lowest BCUT2D eigenvalue weighted by atomic mass is 10.1. The van der Waals surface area contributed by atoms with Crippen molar-refractivity contribution >= 4 is 34.6 Å². The van der Waals surface area contributed by atoms with E-state index in [2.05, 4.69) is 4.74 Å². The van der Waals surface area contributed by atoms with Crippen LogP contribution in [0.2, 0.25) is 5.02 Å². The predicted molar refractivity (Wildman–Crippen MR) is 75.2 cm³/mol. The second-order valence-electron chi connectivity index (χ2n) is 3.89.